The molecule has 0 spiro atoms. The number of hydrogen-bond donors (Lipinski definition) is 1. The Morgan fingerprint density at radius 1 is 1.29 bits per heavy atom. The molecule has 0 aliphatic rings. The molecule has 0 aliphatic carbocycles. The van der Waals surface area contributed by atoms with Gasteiger partial charge in [-0.3, -0.25) is 0 Å². The highest BCUT2D eigenvalue weighted by Gasteiger charge is 2.37. The summed E-state index contributed by atoms with van der Waals surface area (Å²) in [4.78, 5) is 9.14. The van der Waals surface area contributed by atoms with Crippen LogP contribution in [0.4, 0.5) is 10.9 Å². The molecular weight excluding hydrogens is 336 g/mol. The van der Waals surface area contributed by atoms with E-state index in [4.69, 9.17) is 9.69 Å². The standard InChI is InChI=1S/C17H24N4OSSi/c1-12-9-19-15(21-16-20-10-14(8-18)23-16)7-13(12)11-22-24(5,6)17(2,3)4/h7,9-10H,11H2,1-6H3,(H,19,20,21). The van der Waals surface area contributed by atoms with Gasteiger partial charge in [-0.15, -0.1) is 0 Å². The van der Waals surface area contributed by atoms with Crippen LogP contribution in [0.3, 0.4) is 0 Å². The molecule has 0 aromatic carbocycles. The number of hydrogen-bond acceptors (Lipinski definition) is 6. The summed E-state index contributed by atoms with van der Waals surface area (Å²) in [7, 11) is -1.79. The van der Waals surface area contributed by atoms with Gasteiger partial charge < -0.3 is 9.74 Å². The number of nitrogens with one attached hydrogen (secondary N) is 1. The topological polar surface area (TPSA) is 70.8 Å². The molecular formula is C17H24N4OSSi. The minimum atomic E-state index is -1.79. The second-order valence-corrected chi connectivity index (χ2v) is 13.2. The van der Waals surface area contributed by atoms with Crippen LogP contribution in [-0.2, 0) is 11.0 Å². The van der Waals surface area contributed by atoms with Crippen molar-refractivity contribution in [2.45, 2.75) is 52.4 Å². The van der Waals surface area contributed by atoms with Crippen molar-refractivity contribution in [1.82, 2.24) is 9.97 Å². The summed E-state index contributed by atoms with van der Waals surface area (Å²) >= 11 is 1.31. The minimum Gasteiger partial charge on any atom is -0.413 e. The van der Waals surface area contributed by atoms with Gasteiger partial charge in [-0.2, -0.15) is 5.26 Å². The Balaban J connectivity index is 2.12. The summed E-state index contributed by atoms with van der Waals surface area (Å²) in [5, 5.41) is 12.9. The molecule has 0 bridgehead atoms. The molecule has 0 atom stereocenters. The molecule has 1 N–H and O–H groups in total. The fourth-order valence-corrected chi connectivity index (χ4v) is 3.33. The molecule has 0 fully saturated rings. The van der Waals surface area contributed by atoms with E-state index in [1.807, 2.05) is 19.2 Å². The van der Waals surface area contributed by atoms with E-state index in [9.17, 15) is 0 Å². The van der Waals surface area contributed by atoms with Crippen molar-refractivity contribution in [3.63, 3.8) is 0 Å². The zero-order chi connectivity index (χ0) is 18.0. The molecule has 0 saturated carbocycles. The number of nitrogens with zero attached hydrogens (tertiary/aromatic N) is 3. The highest BCUT2D eigenvalue weighted by atomic mass is 32.1. The summed E-state index contributed by atoms with van der Waals surface area (Å²) in [6.45, 7) is 13.8. The van der Waals surface area contributed by atoms with E-state index < -0.39 is 8.32 Å². The van der Waals surface area contributed by atoms with E-state index in [0.29, 0.717) is 22.4 Å². The molecule has 7 heteroatoms. The average molecular weight is 361 g/mol. The first-order valence-electron chi connectivity index (χ1n) is 7.85. The second-order valence-electron chi connectivity index (χ2n) is 7.31. The average Bonchev–Trinajstić information content (AvgIpc) is 2.94. The molecule has 0 radical (unpaired) electrons. The molecule has 5 nitrogen and oxygen atoms in total. The molecule has 2 heterocycles. The van der Waals surface area contributed by atoms with Crippen LogP contribution in [0, 0.1) is 18.3 Å². The third-order valence-corrected chi connectivity index (χ3v) is 9.76. The Labute approximate surface area is 148 Å². The molecule has 0 saturated heterocycles. The normalized spacial score (nSPS) is 12.0. The van der Waals surface area contributed by atoms with E-state index >= 15 is 0 Å². The Kier molecular flexibility index (Phi) is 5.43. The third-order valence-electron chi connectivity index (χ3n) is 4.46. The molecule has 2 rings (SSSR count). The molecule has 0 unspecified atom stereocenters. The van der Waals surface area contributed by atoms with Gasteiger partial charge >= 0.3 is 0 Å². The maximum atomic E-state index is 8.87. The Bertz CT molecular complexity index is 759. The van der Waals surface area contributed by atoms with Crippen molar-refractivity contribution in [2.24, 2.45) is 0 Å². The molecule has 24 heavy (non-hydrogen) atoms. The minimum absolute atomic E-state index is 0.184. The second kappa shape index (κ2) is 7.01. The number of thiazole rings is 1. The first-order chi connectivity index (χ1) is 11.1. The highest BCUT2D eigenvalue weighted by molar-refractivity contribution is 7.16. The van der Waals surface area contributed by atoms with E-state index in [1.54, 1.807) is 6.20 Å². The summed E-state index contributed by atoms with van der Waals surface area (Å²) in [6.07, 6.45) is 3.40. The van der Waals surface area contributed by atoms with Gasteiger partial charge in [-0.25, -0.2) is 9.97 Å². The van der Waals surface area contributed by atoms with Crippen molar-refractivity contribution < 1.29 is 4.43 Å². The van der Waals surface area contributed by atoms with Gasteiger partial charge in [0.15, 0.2) is 13.4 Å². The Hall–Kier alpha value is -1.75. The van der Waals surface area contributed by atoms with Crippen LogP contribution in [-0.4, -0.2) is 18.3 Å². The number of aryl methyl sites for hydroxylation is 1. The Morgan fingerprint density at radius 2 is 2.00 bits per heavy atom. The van der Waals surface area contributed by atoms with Crippen molar-refractivity contribution in [3.8, 4) is 6.07 Å². The lowest BCUT2D eigenvalue weighted by atomic mass is 10.2. The zero-order valence-corrected chi connectivity index (χ0v) is 16.9. The maximum Gasteiger partial charge on any atom is 0.192 e. The van der Waals surface area contributed by atoms with E-state index in [2.05, 4.69) is 55.2 Å². The number of nitriles is 1. The van der Waals surface area contributed by atoms with Crippen LogP contribution in [0.5, 0.6) is 0 Å². The molecule has 128 valence electrons. The van der Waals surface area contributed by atoms with Gasteiger partial charge in [0.05, 0.1) is 12.8 Å². The van der Waals surface area contributed by atoms with Crippen LogP contribution in [0.25, 0.3) is 0 Å². The number of aromatic nitrogens is 2. The largest absolute Gasteiger partial charge is 0.413 e. The lowest BCUT2D eigenvalue weighted by Crippen LogP contribution is -2.40. The lowest BCUT2D eigenvalue weighted by molar-refractivity contribution is 0.275. The number of rotatable bonds is 5. The van der Waals surface area contributed by atoms with Gasteiger partial charge in [0.2, 0.25) is 0 Å². The fraction of sp³-hybridized carbons (Fsp3) is 0.471. The molecule has 2 aromatic heterocycles. The van der Waals surface area contributed by atoms with Gasteiger partial charge in [0, 0.05) is 6.20 Å². The van der Waals surface area contributed by atoms with Crippen LogP contribution in [0.2, 0.25) is 18.1 Å². The smallest absolute Gasteiger partial charge is 0.192 e. The summed E-state index contributed by atoms with van der Waals surface area (Å²) < 4.78 is 6.31. The van der Waals surface area contributed by atoms with Gasteiger partial charge in [-0.05, 0) is 42.2 Å². The van der Waals surface area contributed by atoms with Crippen LogP contribution in [0.1, 0.15) is 36.8 Å². The molecule has 0 aliphatic heterocycles. The lowest BCUT2D eigenvalue weighted by Gasteiger charge is -2.36. The van der Waals surface area contributed by atoms with Crippen LogP contribution >= 0.6 is 11.3 Å². The van der Waals surface area contributed by atoms with Crippen molar-refractivity contribution >= 4 is 30.6 Å². The fourth-order valence-electron chi connectivity index (χ4n) is 1.76. The summed E-state index contributed by atoms with van der Waals surface area (Å²) in [6, 6.07) is 4.08. The number of pyridine rings is 1. The van der Waals surface area contributed by atoms with Crippen molar-refractivity contribution in [2.75, 3.05) is 5.32 Å². The predicted octanol–water partition coefficient (Wildman–Crippen LogP) is 4.98. The first-order valence-corrected chi connectivity index (χ1v) is 11.6. The first kappa shape index (κ1) is 18.6. The summed E-state index contributed by atoms with van der Waals surface area (Å²) in [5.74, 6) is 0.716. The Morgan fingerprint density at radius 3 is 2.58 bits per heavy atom. The quantitative estimate of drug-likeness (QED) is 0.761. The highest BCUT2D eigenvalue weighted by Crippen LogP contribution is 2.37. The van der Waals surface area contributed by atoms with Crippen LogP contribution in [0.15, 0.2) is 18.5 Å². The van der Waals surface area contributed by atoms with Crippen molar-refractivity contribution in [1.29, 1.82) is 5.26 Å². The van der Waals surface area contributed by atoms with Crippen molar-refractivity contribution in [3.05, 3.63) is 34.5 Å². The third kappa shape index (κ3) is 4.41. The monoisotopic (exact) mass is 360 g/mol. The number of anilines is 2. The SMILES string of the molecule is Cc1cnc(Nc2ncc(C#N)s2)cc1CO[Si](C)(C)C(C)(C)C. The summed E-state index contributed by atoms with van der Waals surface area (Å²) in [5.41, 5.74) is 2.23. The molecule has 0 amide bonds. The van der Waals surface area contributed by atoms with E-state index in [-0.39, 0.29) is 5.04 Å². The maximum absolute atomic E-state index is 8.87. The van der Waals surface area contributed by atoms with E-state index in [1.165, 1.54) is 11.3 Å². The predicted molar refractivity (Wildman–Crippen MR) is 101 cm³/mol. The van der Waals surface area contributed by atoms with Gasteiger partial charge in [0.25, 0.3) is 0 Å². The van der Waals surface area contributed by atoms with Gasteiger partial charge in [-0.1, -0.05) is 32.1 Å². The van der Waals surface area contributed by atoms with Gasteiger partial charge in [0.1, 0.15) is 16.8 Å². The van der Waals surface area contributed by atoms with E-state index in [0.717, 1.165) is 11.1 Å². The zero-order valence-electron chi connectivity index (χ0n) is 15.1. The molecule has 2 aromatic rings. The van der Waals surface area contributed by atoms with Crippen LogP contribution < -0.4 is 5.32 Å².